The van der Waals surface area contributed by atoms with E-state index < -0.39 is 0 Å². The molecule has 0 aliphatic rings. The first-order valence-electron chi connectivity index (χ1n) is 6.71. The number of anilines is 1. The third-order valence-corrected chi connectivity index (χ3v) is 3.64. The highest BCUT2D eigenvalue weighted by Crippen LogP contribution is 2.30. The highest BCUT2D eigenvalue weighted by Gasteiger charge is 2.14. The molecule has 1 aromatic heterocycles. The predicted octanol–water partition coefficient (Wildman–Crippen LogP) is 4.35. The Morgan fingerprint density at radius 3 is 2.60 bits per heavy atom. The van der Waals surface area contributed by atoms with E-state index in [0.29, 0.717) is 0 Å². The topological polar surface area (TPSA) is 43.8 Å². The lowest BCUT2D eigenvalue weighted by Crippen LogP contribution is -2.00. The van der Waals surface area contributed by atoms with Gasteiger partial charge in [0.15, 0.2) is 0 Å². The Morgan fingerprint density at radius 2 is 1.90 bits per heavy atom. The molecule has 2 N–H and O–H groups in total. The van der Waals surface area contributed by atoms with E-state index in [4.69, 9.17) is 22.3 Å². The summed E-state index contributed by atoms with van der Waals surface area (Å²) in [6, 6.07) is 13.6. The van der Waals surface area contributed by atoms with Gasteiger partial charge in [-0.1, -0.05) is 24.6 Å². The summed E-state index contributed by atoms with van der Waals surface area (Å²) in [5.41, 5.74) is 9.49. The van der Waals surface area contributed by atoms with Crippen molar-refractivity contribution in [3.63, 3.8) is 0 Å². The summed E-state index contributed by atoms with van der Waals surface area (Å²) < 4.78 is 2.18. The number of para-hydroxylation sites is 1. The van der Waals surface area contributed by atoms with Crippen molar-refractivity contribution in [3.8, 4) is 11.4 Å². The Hall–Kier alpha value is -2.00. The van der Waals surface area contributed by atoms with E-state index in [9.17, 15) is 0 Å². The Bertz CT molecular complexity index is 744. The number of aromatic nitrogens is 2. The first-order chi connectivity index (χ1) is 9.70. The fraction of sp³-hybridized carbons (Fsp3) is 0.188. The van der Waals surface area contributed by atoms with E-state index in [1.165, 1.54) is 0 Å². The van der Waals surface area contributed by atoms with Gasteiger partial charge < -0.3 is 10.3 Å². The maximum Gasteiger partial charge on any atom is 0.141 e. The molecule has 0 unspecified atom stereocenters. The van der Waals surface area contributed by atoms with Gasteiger partial charge in [0.05, 0.1) is 16.1 Å². The van der Waals surface area contributed by atoms with Crippen LogP contribution in [-0.2, 0) is 6.54 Å². The minimum atomic E-state index is 0.741. The van der Waals surface area contributed by atoms with Crippen LogP contribution in [0.15, 0.2) is 42.5 Å². The smallest absolute Gasteiger partial charge is 0.141 e. The van der Waals surface area contributed by atoms with E-state index in [-0.39, 0.29) is 0 Å². The van der Waals surface area contributed by atoms with Gasteiger partial charge in [-0.3, -0.25) is 0 Å². The molecule has 0 aliphatic heterocycles. The molecular formula is C16H16ClN3. The standard InChI is InChI=1S/C16H16ClN3/c1-2-10-20-15-13(17)4-3-5-14(15)19-16(20)11-6-8-12(18)9-7-11/h3-9H,2,10,18H2,1H3. The fourth-order valence-corrected chi connectivity index (χ4v) is 2.71. The van der Waals surface area contributed by atoms with Crippen molar-refractivity contribution < 1.29 is 0 Å². The predicted molar refractivity (Wildman–Crippen MR) is 84.9 cm³/mol. The molecule has 3 rings (SSSR count). The van der Waals surface area contributed by atoms with E-state index in [1.807, 2.05) is 42.5 Å². The molecule has 102 valence electrons. The molecule has 0 atom stereocenters. The maximum absolute atomic E-state index is 6.34. The van der Waals surface area contributed by atoms with Crippen molar-refractivity contribution in [3.05, 3.63) is 47.5 Å². The number of hydrogen-bond acceptors (Lipinski definition) is 2. The highest BCUT2D eigenvalue weighted by molar-refractivity contribution is 6.35. The summed E-state index contributed by atoms with van der Waals surface area (Å²) in [6.45, 7) is 3.04. The van der Waals surface area contributed by atoms with Crippen LogP contribution < -0.4 is 5.73 Å². The van der Waals surface area contributed by atoms with Gasteiger partial charge in [0.1, 0.15) is 5.82 Å². The molecule has 0 saturated heterocycles. The minimum absolute atomic E-state index is 0.741. The molecule has 1 heterocycles. The van der Waals surface area contributed by atoms with Crippen molar-refractivity contribution in [2.75, 3.05) is 5.73 Å². The number of imidazole rings is 1. The molecular weight excluding hydrogens is 270 g/mol. The van der Waals surface area contributed by atoms with E-state index >= 15 is 0 Å². The quantitative estimate of drug-likeness (QED) is 0.727. The number of halogens is 1. The van der Waals surface area contributed by atoms with Gasteiger partial charge in [0, 0.05) is 17.8 Å². The number of fused-ring (bicyclic) bond motifs is 1. The largest absolute Gasteiger partial charge is 0.399 e. The van der Waals surface area contributed by atoms with E-state index in [1.54, 1.807) is 0 Å². The van der Waals surface area contributed by atoms with Crippen molar-refractivity contribution in [2.24, 2.45) is 0 Å². The molecule has 3 nitrogen and oxygen atoms in total. The molecule has 3 aromatic rings. The molecule has 0 amide bonds. The number of hydrogen-bond donors (Lipinski definition) is 1. The monoisotopic (exact) mass is 285 g/mol. The van der Waals surface area contributed by atoms with Gasteiger partial charge in [0.2, 0.25) is 0 Å². The third-order valence-electron chi connectivity index (χ3n) is 3.33. The summed E-state index contributed by atoms with van der Waals surface area (Å²) in [5, 5.41) is 0.741. The molecule has 20 heavy (non-hydrogen) atoms. The second-order valence-electron chi connectivity index (χ2n) is 4.82. The van der Waals surface area contributed by atoms with Crippen LogP contribution in [0.25, 0.3) is 22.4 Å². The maximum atomic E-state index is 6.34. The van der Waals surface area contributed by atoms with Gasteiger partial charge in [-0.15, -0.1) is 0 Å². The van der Waals surface area contributed by atoms with Crippen molar-refractivity contribution in [1.82, 2.24) is 9.55 Å². The first-order valence-corrected chi connectivity index (χ1v) is 7.09. The summed E-state index contributed by atoms with van der Waals surface area (Å²) in [5.74, 6) is 0.940. The number of nitrogen functional groups attached to an aromatic ring is 1. The number of rotatable bonds is 3. The number of aryl methyl sites for hydroxylation is 1. The van der Waals surface area contributed by atoms with Crippen molar-refractivity contribution in [1.29, 1.82) is 0 Å². The van der Waals surface area contributed by atoms with Crippen LogP contribution in [0.3, 0.4) is 0 Å². The zero-order chi connectivity index (χ0) is 14.1. The number of nitrogens with two attached hydrogens (primary N) is 1. The van der Waals surface area contributed by atoms with Gasteiger partial charge in [-0.2, -0.15) is 0 Å². The van der Waals surface area contributed by atoms with Gasteiger partial charge in [-0.05, 0) is 42.8 Å². The second kappa shape index (κ2) is 5.17. The van der Waals surface area contributed by atoms with E-state index in [0.717, 1.165) is 46.1 Å². The molecule has 2 aromatic carbocycles. The summed E-state index contributed by atoms with van der Waals surface area (Å²) in [6.07, 6.45) is 1.03. The molecule has 0 fully saturated rings. The average molecular weight is 286 g/mol. The molecule has 4 heteroatoms. The van der Waals surface area contributed by atoms with Gasteiger partial charge >= 0.3 is 0 Å². The van der Waals surface area contributed by atoms with Crippen molar-refractivity contribution >= 4 is 28.3 Å². The normalized spacial score (nSPS) is 11.1. The van der Waals surface area contributed by atoms with Crippen molar-refractivity contribution in [2.45, 2.75) is 19.9 Å². The van der Waals surface area contributed by atoms with Crippen LogP contribution in [0.2, 0.25) is 5.02 Å². The lowest BCUT2D eigenvalue weighted by atomic mass is 10.2. The summed E-state index contributed by atoms with van der Waals surface area (Å²) >= 11 is 6.34. The number of benzene rings is 2. The average Bonchev–Trinajstić information content (AvgIpc) is 2.80. The van der Waals surface area contributed by atoms with Crippen LogP contribution in [-0.4, -0.2) is 9.55 Å². The van der Waals surface area contributed by atoms with Crippen LogP contribution in [0.4, 0.5) is 5.69 Å². The molecule has 0 bridgehead atoms. The minimum Gasteiger partial charge on any atom is -0.399 e. The molecule has 0 spiro atoms. The SMILES string of the molecule is CCCn1c(-c2ccc(N)cc2)nc2cccc(Cl)c21. The summed E-state index contributed by atoms with van der Waals surface area (Å²) in [7, 11) is 0. The lowest BCUT2D eigenvalue weighted by Gasteiger charge is -2.08. The third kappa shape index (κ3) is 2.14. The van der Waals surface area contributed by atoms with Crippen LogP contribution in [0, 0.1) is 0 Å². The van der Waals surface area contributed by atoms with Gasteiger partial charge in [-0.25, -0.2) is 4.98 Å². The Labute approximate surface area is 123 Å². The van der Waals surface area contributed by atoms with Crippen LogP contribution >= 0.6 is 11.6 Å². The highest BCUT2D eigenvalue weighted by atomic mass is 35.5. The Balaban J connectivity index is 2.26. The molecule has 0 radical (unpaired) electrons. The van der Waals surface area contributed by atoms with Crippen LogP contribution in [0.1, 0.15) is 13.3 Å². The zero-order valence-corrected chi connectivity index (χ0v) is 12.1. The number of nitrogens with zero attached hydrogens (tertiary/aromatic N) is 2. The molecule has 0 saturated carbocycles. The lowest BCUT2D eigenvalue weighted by molar-refractivity contribution is 0.704. The Kier molecular flexibility index (Phi) is 3.36. The fourth-order valence-electron chi connectivity index (χ4n) is 2.44. The molecule has 0 aliphatic carbocycles. The van der Waals surface area contributed by atoms with Crippen LogP contribution in [0.5, 0.6) is 0 Å². The summed E-state index contributed by atoms with van der Waals surface area (Å²) in [4.78, 5) is 4.73. The Morgan fingerprint density at radius 1 is 1.15 bits per heavy atom. The first kappa shape index (κ1) is 13.0. The van der Waals surface area contributed by atoms with E-state index in [2.05, 4.69) is 11.5 Å². The zero-order valence-electron chi connectivity index (χ0n) is 11.3. The van der Waals surface area contributed by atoms with Gasteiger partial charge in [0.25, 0.3) is 0 Å². The second-order valence-corrected chi connectivity index (χ2v) is 5.22.